The number of hydrogen-bond acceptors (Lipinski definition) is 2. The molecule has 0 saturated carbocycles. The van der Waals surface area contributed by atoms with Gasteiger partial charge in [-0.05, 0) is 55.3 Å². The van der Waals surface area contributed by atoms with E-state index in [1.165, 1.54) is 12.1 Å². The third-order valence-electron chi connectivity index (χ3n) is 3.25. The zero-order chi connectivity index (χ0) is 15.9. The van der Waals surface area contributed by atoms with Crippen LogP contribution in [0.3, 0.4) is 0 Å². The first-order valence-corrected chi connectivity index (χ1v) is 7.46. The minimum atomic E-state index is -0.352. The van der Waals surface area contributed by atoms with Crippen molar-refractivity contribution in [2.45, 2.75) is 19.4 Å². The molecule has 3 nitrogen and oxygen atoms in total. The Labute approximate surface area is 134 Å². The van der Waals surface area contributed by atoms with Crippen LogP contribution in [0, 0.1) is 5.82 Å². The van der Waals surface area contributed by atoms with Crippen molar-refractivity contribution in [2.24, 2.45) is 0 Å². The molecule has 2 rings (SSSR count). The van der Waals surface area contributed by atoms with Crippen LogP contribution >= 0.6 is 11.6 Å². The van der Waals surface area contributed by atoms with Crippen molar-refractivity contribution in [3.05, 3.63) is 64.9 Å². The number of anilines is 1. The van der Waals surface area contributed by atoms with Gasteiger partial charge in [-0.15, -0.1) is 0 Å². The van der Waals surface area contributed by atoms with Crippen LogP contribution in [0.15, 0.2) is 48.5 Å². The Kier molecular flexibility index (Phi) is 5.78. The highest BCUT2D eigenvalue weighted by Crippen LogP contribution is 2.14. The van der Waals surface area contributed by atoms with Gasteiger partial charge in [-0.1, -0.05) is 23.7 Å². The Morgan fingerprint density at radius 2 is 1.77 bits per heavy atom. The van der Waals surface area contributed by atoms with Crippen LogP contribution in [-0.2, 0) is 11.2 Å². The molecule has 0 aliphatic heterocycles. The second-order valence-electron chi connectivity index (χ2n) is 5.04. The van der Waals surface area contributed by atoms with E-state index >= 15 is 0 Å². The monoisotopic (exact) mass is 320 g/mol. The van der Waals surface area contributed by atoms with Gasteiger partial charge in [-0.25, -0.2) is 4.39 Å². The van der Waals surface area contributed by atoms with Crippen LogP contribution in [0.1, 0.15) is 12.5 Å². The Balaban J connectivity index is 1.76. The van der Waals surface area contributed by atoms with E-state index in [0.717, 1.165) is 11.3 Å². The van der Waals surface area contributed by atoms with E-state index in [9.17, 15) is 9.18 Å². The summed E-state index contributed by atoms with van der Waals surface area (Å²) in [7, 11) is 0. The summed E-state index contributed by atoms with van der Waals surface area (Å²) in [6, 6.07) is 13.1. The molecule has 0 spiro atoms. The van der Waals surface area contributed by atoms with Gasteiger partial charge in [0.15, 0.2) is 0 Å². The van der Waals surface area contributed by atoms with Gasteiger partial charge in [0.1, 0.15) is 11.9 Å². The Morgan fingerprint density at radius 1 is 1.14 bits per heavy atom. The van der Waals surface area contributed by atoms with Gasteiger partial charge >= 0.3 is 0 Å². The molecule has 1 atom stereocenters. The second kappa shape index (κ2) is 7.80. The number of hydrogen-bond donors (Lipinski definition) is 2. The van der Waals surface area contributed by atoms with Crippen LogP contribution in [0.25, 0.3) is 0 Å². The lowest BCUT2D eigenvalue weighted by Crippen LogP contribution is -2.38. The molecule has 1 unspecified atom stereocenters. The molecule has 0 aliphatic rings. The van der Waals surface area contributed by atoms with E-state index < -0.39 is 0 Å². The van der Waals surface area contributed by atoms with Crippen molar-refractivity contribution in [3.63, 3.8) is 0 Å². The lowest BCUT2D eigenvalue weighted by Gasteiger charge is -2.15. The molecule has 1 amide bonds. The third kappa shape index (κ3) is 5.04. The van der Waals surface area contributed by atoms with E-state index in [0.29, 0.717) is 18.0 Å². The number of benzene rings is 2. The van der Waals surface area contributed by atoms with E-state index in [4.69, 9.17) is 11.6 Å². The highest BCUT2D eigenvalue weighted by Gasteiger charge is 2.11. The lowest BCUT2D eigenvalue weighted by molar-refractivity contribution is -0.121. The molecule has 0 heterocycles. The van der Waals surface area contributed by atoms with Gasteiger partial charge < -0.3 is 10.6 Å². The molecule has 5 heteroatoms. The topological polar surface area (TPSA) is 41.1 Å². The van der Waals surface area contributed by atoms with Crippen molar-refractivity contribution < 1.29 is 9.18 Å². The smallest absolute Gasteiger partial charge is 0.242 e. The molecule has 2 aromatic rings. The van der Waals surface area contributed by atoms with E-state index in [2.05, 4.69) is 10.6 Å². The molecule has 116 valence electrons. The Morgan fingerprint density at radius 3 is 2.41 bits per heavy atom. The SMILES string of the molecule is CC(Nc1ccc(Cl)cc1)C(=O)NCCc1ccc(F)cc1. The number of carbonyl (C=O) groups excluding carboxylic acids is 1. The first-order valence-electron chi connectivity index (χ1n) is 7.09. The molecule has 0 saturated heterocycles. The highest BCUT2D eigenvalue weighted by atomic mass is 35.5. The number of nitrogens with one attached hydrogen (secondary N) is 2. The van der Waals surface area contributed by atoms with E-state index in [1.54, 1.807) is 31.2 Å². The maximum Gasteiger partial charge on any atom is 0.242 e. The number of rotatable bonds is 6. The molecule has 0 radical (unpaired) electrons. The molecule has 0 fully saturated rings. The summed E-state index contributed by atoms with van der Waals surface area (Å²) in [5.74, 6) is -0.342. The molecule has 22 heavy (non-hydrogen) atoms. The zero-order valence-electron chi connectivity index (χ0n) is 12.3. The summed E-state index contributed by atoms with van der Waals surface area (Å²) < 4.78 is 12.8. The standard InChI is InChI=1S/C17H18ClFN2O/c1-12(21-16-8-4-14(18)5-9-16)17(22)20-11-10-13-2-6-15(19)7-3-13/h2-9,12,21H,10-11H2,1H3,(H,20,22). The minimum Gasteiger partial charge on any atom is -0.374 e. The molecule has 0 aliphatic carbocycles. The van der Waals surface area contributed by atoms with Crippen LogP contribution < -0.4 is 10.6 Å². The predicted molar refractivity (Wildman–Crippen MR) is 87.7 cm³/mol. The first-order chi connectivity index (χ1) is 10.5. The number of carbonyl (C=O) groups is 1. The normalized spacial score (nSPS) is 11.8. The molecule has 2 N–H and O–H groups in total. The quantitative estimate of drug-likeness (QED) is 0.853. The van der Waals surface area contributed by atoms with E-state index in [-0.39, 0.29) is 17.8 Å². The van der Waals surface area contributed by atoms with Gasteiger partial charge in [-0.3, -0.25) is 4.79 Å². The van der Waals surface area contributed by atoms with Crippen molar-refractivity contribution in [1.29, 1.82) is 0 Å². The fourth-order valence-corrected chi connectivity index (χ4v) is 2.12. The summed E-state index contributed by atoms with van der Waals surface area (Å²) in [6.07, 6.45) is 0.666. The first kappa shape index (κ1) is 16.3. The zero-order valence-corrected chi connectivity index (χ0v) is 13.0. The summed E-state index contributed by atoms with van der Waals surface area (Å²) >= 11 is 5.82. The predicted octanol–water partition coefficient (Wildman–Crippen LogP) is 3.64. The molecule has 0 aromatic heterocycles. The van der Waals surface area contributed by atoms with Crippen molar-refractivity contribution in [3.8, 4) is 0 Å². The van der Waals surface area contributed by atoms with Crippen molar-refractivity contribution >= 4 is 23.2 Å². The Bertz CT molecular complexity index is 614. The summed E-state index contributed by atoms with van der Waals surface area (Å²) in [6.45, 7) is 2.30. The maximum absolute atomic E-state index is 12.8. The third-order valence-corrected chi connectivity index (χ3v) is 3.50. The van der Waals surface area contributed by atoms with E-state index in [1.807, 2.05) is 12.1 Å². The Hall–Kier alpha value is -2.07. The van der Waals surface area contributed by atoms with Gasteiger partial charge in [0, 0.05) is 17.3 Å². The minimum absolute atomic E-state index is 0.0861. The van der Waals surface area contributed by atoms with Crippen LogP contribution in [-0.4, -0.2) is 18.5 Å². The summed E-state index contributed by atoms with van der Waals surface area (Å²) in [4.78, 5) is 12.0. The number of halogens is 2. The van der Waals surface area contributed by atoms with Crippen LogP contribution in [0.4, 0.5) is 10.1 Å². The summed E-state index contributed by atoms with van der Waals surface area (Å²) in [5.41, 5.74) is 1.82. The van der Waals surface area contributed by atoms with Gasteiger partial charge in [0.25, 0.3) is 0 Å². The molecule has 0 bridgehead atoms. The largest absolute Gasteiger partial charge is 0.374 e. The average Bonchev–Trinajstić information content (AvgIpc) is 2.51. The second-order valence-corrected chi connectivity index (χ2v) is 5.48. The van der Waals surface area contributed by atoms with Crippen molar-refractivity contribution in [2.75, 3.05) is 11.9 Å². The van der Waals surface area contributed by atoms with Gasteiger partial charge in [0.05, 0.1) is 0 Å². The number of amides is 1. The fourth-order valence-electron chi connectivity index (χ4n) is 2.00. The van der Waals surface area contributed by atoms with Crippen LogP contribution in [0.5, 0.6) is 0 Å². The molecular weight excluding hydrogens is 303 g/mol. The van der Waals surface area contributed by atoms with Gasteiger partial charge in [-0.2, -0.15) is 0 Å². The lowest BCUT2D eigenvalue weighted by atomic mass is 10.1. The van der Waals surface area contributed by atoms with Crippen molar-refractivity contribution in [1.82, 2.24) is 5.32 Å². The van der Waals surface area contributed by atoms with Crippen LogP contribution in [0.2, 0.25) is 5.02 Å². The highest BCUT2D eigenvalue weighted by molar-refractivity contribution is 6.30. The fraction of sp³-hybridized carbons (Fsp3) is 0.235. The van der Waals surface area contributed by atoms with Gasteiger partial charge in [0.2, 0.25) is 5.91 Å². The maximum atomic E-state index is 12.8. The molecule has 2 aromatic carbocycles. The average molecular weight is 321 g/mol. The molecular formula is C17H18ClFN2O. The summed E-state index contributed by atoms with van der Waals surface area (Å²) in [5, 5.41) is 6.62.